The molecule has 0 aliphatic carbocycles. The van der Waals surface area contributed by atoms with Crippen molar-refractivity contribution in [1.29, 1.82) is 5.26 Å². The highest BCUT2D eigenvalue weighted by Crippen LogP contribution is 2.16. The Morgan fingerprint density at radius 3 is 2.94 bits per heavy atom. The number of rotatable bonds is 4. The normalized spacial score (nSPS) is 10.6. The summed E-state index contributed by atoms with van der Waals surface area (Å²) in [6.45, 7) is 3.93. The van der Waals surface area contributed by atoms with E-state index in [9.17, 15) is 4.79 Å². The van der Waals surface area contributed by atoms with Crippen LogP contribution in [0.1, 0.15) is 19.5 Å². The number of aromatic nitrogens is 1. The molecule has 1 aromatic rings. The zero-order valence-corrected chi connectivity index (χ0v) is 9.32. The van der Waals surface area contributed by atoms with Gasteiger partial charge in [0, 0.05) is 18.4 Å². The second kappa shape index (κ2) is 4.62. The van der Waals surface area contributed by atoms with Gasteiger partial charge in [0.1, 0.15) is 11.8 Å². The first-order valence-electron chi connectivity index (χ1n) is 4.85. The molecular weight excluding hydrogens is 204 g/mol. The van der Waals surface area contributed by atoms with Crippen molar-refractivity contribution in [2.24, 2.45) is 11.1 Å². The van der Waals surface area contributed by atoms with Crippen LogP contribution in [-0.4, -0.2) is 17.4 Å². The lowest BCUT2D eigenvalue weighted by molar-refractivity contribution is -0.125. The molecule has 3 N–H and O–H groups in total. The molecule has 0 spiro atoms. The summed E-state index contributed by atoms with van der Waals surface area (Å²) in [5.74, 6) is -0.366. The van der Waals surface area contributed by atoms with Gasteiger partial charge >= 0.3 is 0 Å². The van der Waals surface area contributed by atoms with E-state index in [1.165, 1.54) is 6.20 Å². The summed E-state index contributed by atoms with van der Waals surface area (Å²) in [5.41, 5.74) is 5.70. The zero-order chi connectivity index (χ0) is 12.2. The number of nitrogens with zero attached hydrogens (tertiary/aromatic N) is 2. The van der Waals surface area contributed by atoms with Gasteiger partial charge in [0.15, 0.2) is 0 Å². The molecule has 0 bridgehead atoms. The average molecular weight is 218 g/mol. The van der Waals surface area contributed by atoms with Crippen molar-refractivity contribution in [1.82, 2.24) is 4.98 Å². The van der Waals surface area contributed by atoms with Crippen molar-refractivity contribution in [3.05, 3.63) is 24.0 Å². The number of nitrogens with one attached hydrogen (secondary N) is 1. The van der Waals surface area contributed by atoms with Gasteiger partial charge in [-0.2, -0.15) is 5.26 Å². The van der Waals surface area contributed by atoms with Crippen molar-refractivity contribution < 1.29 is 4.79 Å². The van der Waals surface area contributed by atoms with Crippen LogP contribution in [0.2, 0.25) is 0 Å². The number of amides is 1. The minimum Gasteiger partial charge on any atom is -0.384 e. The predicted octanol–water partition coefficient (Wildman–Crippen LogP) is 0.877. The number of nitriles is 1. The number of anilines is 1. The lowest BCUT2D eigenvalue weighted by Gasteiger charge is -2.21. The molecule has 0 radical (unpaired) electrons. The molecule has 0 saturated carbocycles. The number of nitrogens with two attached hydrogens (primary N) is 1. The molecule has 1 rings (SSSR count). The first-order valence-corrected chi connectivity index (χ1v) is 4.85. The molecule has 0 saturated heterocycles. The van der Waals surface area contributed by atoms with Crippen LogP contribution in [0.3, 0.4) is 0 Å². The Labute approximate surface area is 94.3 Å². The summed E-state index contributed by atoms with van der Waals surface area (Å²) >= 11 is 0. The van der Waals surface area contributed by atoms with Crippen molar-refractivity contribution in [3.8, 4) is 6.07 Å². The predicted molar refractivity (Wildman–Crippen MR) is 60.4 cm³/mol. The molecular formula is C11H14N4O. The van der Waals surface area contributed by atoms with Gasteiger partial charge in [-0.25, -0.2) is 4.98 Å². The molecule has 16 heavy (non-hydrogen) atoms. The molecule has 1 aromatic heterocycles. The molecule has 0 aromatic carbocycles. The highest BCUT2D eigenvalue weighted by molar-refractivity contribution is 5.80. The van der Waals surface area contributed by atoms with E-state index < -0.39 is 5.41 Å². The van der Waals surface area contributed by atoms with Crippen LogP contribution in [-0.2, 0) is 4.79 Å². The zero-order valence-electron chi connectivity index (χ0n) is 9.32. The van der Waals surface area contributed by atoms with Crippen LogP contribution in [0.4, 0.5) is 5.69 Å². The van der Waals surface area contributed by atoms with Crippen LogP contribution < -0.4 is 11.1 Å². The summed E-state index contributed by atoms with van der Waals surface area (Å²) in [4.78, 5) is 14.9. The quantitative estimate of drug-likeness (QED) is 0.784. The molecule has 5 nitrogen and oxygen atoms in total. The molecule has 0 fully saturated rings. The number of primary amides is 1. The smallest absolute Gasteiger partial charge is 0.224 e. The second-order valence-electron chi connectivity index (χ2n) is 4.14. The minimum atomic E-state index is -0.629. The largest absolute Gasteiger partial charge is 0.384 e. The number of carbonyl (C=O) groups excluding carboxylic acids is 1. The van der Waals surface area contributed by atoms with Crippen molar-refractivity contribution in [2.45, 2.75) is 13.8 Å². The van der Waals surface area contributed by atoms with Gasteiger partial charge in [0.25, 0.3) is 0 Å². The van der Waals surface area contributed by atoms with Crippen LogP contribution in [0.15, 0.2) is 18.3 Å². The first-order chi connectivity index (χ1) is 7.45. The van der Waals surface area contributed by atoms with Gasteiger partial charge in [-0.3, -0.25) is 4.79 Å². The average Bonchev–Trinajstić information content (AvgIpc) is 2.26. The van der Waals surface area contributed by atoms with E-state index in [0.29, 0.717) is 12.2 Å². The number of pyridine rings is 1. The van der Waals surface area contributed by atoms with E-state index >= 15 is 0 Å². The monoisotopic (exact) mass is 218 g/mol. The molecule has 5 heteroatoms. The Hall–Kier alpha value is -2.09. The highest BCUT2D eigenvalue weighted by Gasteiger charge is 2.24. The third-order valence-corrected chi connectivity index (χ3v) is 2.28. The Morgan fingerprint density at radius 1 is 1.69 bits per heavy atom. The summed E-state index contributed by atoms with van der Waals surface area (Å²) in [6.07, 6.45) is 1.54. The van der Waals surface area contributed by atoms with Gasteiger partial charge in [-0.1, -0.05) is 0 Å². The number of carbonyl (C=O) groups is 1. The molecule has 0 aliphatic heterocycles. The summed E-state index contributed by atoms with van der Waals surface area (Å²) in [6, 6.07) is 5.30. The molecule has 84 valence electrons. The second-order valence-corrected chi connectivity index (χ2v) is 4.14. The first kappa shape index (κ1) is 12.0. The van der Waals surface area contributed by atoms with E-state index in [1.807, 2.05) is 6.07 Å². The van der Waals surface area contributed by atoms with Crippen molar-refractivity contribution in [3.63, 3.8) is 0 Å². The Kier molecular flexibility index (Phi) is 3.46. The van der Waals surface area contributed by atoms with Gasteiger partial charge in [0.2, 0.25) is 5.91 Å². The van der Waals surface area contributed by atoms with E-state index in [1.54, 1.807) is 26.0 Å². The number of hydrogen-bond acceptors (Lipinski definition) is 4. The summed E-state index contributed by atoms with van der Waals surface area (Å²) in [5, 5.41) is 11.7. The maximum atomic E-state index is 11.1. The number of hydrogen-bond donors (Lipinski definition) is 2. The molecule has 0 aliphatic rings. The fourth-order valence-electron chi connectivity index (χ4n) is 1.01. The third kappa shape index (κ3) is 2.95. The topological polar surface area (TPSA) is 91.8 Å². The van der Waals surface area contributed by atoms with Crippen molar-refractivity contribution in [2.75, 3.05) is 11.9 Å². The maximum absolute atomic E-state index is 11.1. The maximum Gasteiger partial charge on any atom is 0.224 e. The molecule has 1 heterocycles. The Balaban J connectivity index is 2.69. The van der Waals surface area contributed by atoms with E-state index in [4.69, 9.17) is 11.0 Å². The lowest BCUT2D eigenvalue weighted by Crippen LogP contribution is -2.37. The Morgan fingerprint density at radius 2 is 2.38 bits per heavy atom. The van der Waals surface area contributed by atoms with Crippen LogP contribution in [0.25, 0.3) is 0 Å². The van der Waals surface area contributed by atoms with Gasteiger partial charge in [0.05, 0.1) is 5.41 Å². The molecule has 0 atom stereocenters. The minimum absolute atomic E-state index is 0.335. The third-order valence-electron chi connectivity index (χ3n) is 2.28. The fraction of sp³-hybridized carbons (Fsp3) is 0.364. The summed E-state index contributed by atoms with van der Waals surface area (Å²) < 4.78 is 0. The lowest BCUT2D eigenvalue weighted by atomic mass is 9.93. The van der Waals surface area contributed by atoms with E-state index in [0.717, 1.165) is 5.69 Å². The van der Waals surface area contributed by atoms with Gasteiger partial charge in [-0.05, 0) is 26.0 Å². The van der Waals surface area contributed by atoms with Crippen LogP contribution in [0, 0.1) is 16.7 Å². The highest BCUT2D eigenvalue weighted by atomic mass is 16.1. The van der Waals surface area contributed by atoms with Crippen LogP contribution >= 0.6 is 0 Å². The van der Waals surface area contributed by atoms with E-state index in [-0.39, 0.29) is 5.91 Å². The Bertz CT molecular complexity index is 434. The fourth-order valence-corrected chi connectivity index (χ4v) is 1.01. The molecule has 1 amide bonds. The standard InChI is InChI=1S/C11H14N4O/c1-11(2,10(13)16)7-15-8-3-4-14-9(5-8)6-12/h3-5H,7H2,1-2H3,(H2,13,16)(H,14,15). The van der Waals surface area contributed by atoms with E-state index in [2.05, 4.69) is 10.3 Å². The SMILES string of the molecule is CC(C)(CNc1ccnc(C#N)c1)C(N)=O. The van der Waals surface area contributed by atoms with Crippen LogP contribution in [0.5, 0.6) is 0 Å². The van der Waals surface area contributed by atoms with Gasteiger partial charge in [-0.15, -0.1) is 0 Å². The molecule has 0 unspecified atom stereocenters. The van der Waals surface area contributed by atoms with Gasteiger partial charge < -0.3 is 11.1 Å². The summed E-state index contributed by atoms with van der Waals surface area (Å²) in [7, 11) is 0. The van der Waals surface area contributed by atoms with Crippen molar-refractivity contribution >= 4 is 11.6 Å².